The second-order valence-electron chi connectivity index (χ2n) is 6.03. The second-order valence-corrected chi connectivity index (χ2v) is 6.03. The largest absolute Gasteiger partial charge is 0.507 e. The van der Waals surface area contributed by atoms with Crippen molar-refractivity contribution in [2.45, 2.75) is 6.04 Å². The van der Waals surface area contributed by atoms with Gasteiger partial charge in [-0.05, 0) is 42.0 Å². The first-order valence-electron chi connectivity index (χ1n) is 8.04. The minimum Gasteiger partial charge on any atom is -0.507 e. The van der Waals surface area contributed by atoms with Crippen molar-refractivity contribution in [2.24, 2.45) is 0 Å². The number of esters is 1. The Bertz CT molecular complexity index is 947. The van der Waals surface area contributed by atoms with E-state index in [9.17, 15) is 23.9 Å². The van der Waals surface area contributed by atoms with Gasteiger partial charge in [0.25, 0.3) is 11.7 Å². The highest BCUT2D eigenvalue weighted by molar-refractivity contribution is 6.46. The molecule has 1 atom stereocenters. The Balaban J connectivity index is 2.09. The molecular weight excluding hydrogens is 353 g/mol. The lowest BCUT2D eigenvalue weighted by Crippen LogP contribution is -2.24. The lowest BCUT2D eigenvalue weighted by molar-refractivity contribution is -0.139. The van der Waals surface area contributed by atoms with E-state index in [0.29, 0.717) is 11.1 Å². The molecule has 0 saturated carbocycles. The molecule has 27 heavy (non-hydrogen) atoms. The van der Waals surface area contributed by atoms with Crippen LogP contribution < -0.4 is 0 Å². The molecule has 138 valence electrons. The maximum atomic E-state index is 13.1. The number of amides is 1. The number of hydrogen-bond acceptors (Lipinski definition) is 5. The molecule has 1 aliphatic rings. The molecule has 1 N–H and O–H groups in total. The number of aliphatic hydroxyl groups excluding tert-OH is 1. The van der Waals surface area contributed by atoms with Crippen molar-refractivity contribution < 1.29 is 28.6 Å². The maximum absolute atomic E-state index is 13.1. The summed E-state index contributed by atoms with van der Waals surface area (Å²) in [6, 6.07) is 10.3. The number of carbonyl (C=O) groups is 3. The third kappa shape index (κ3) is 3.19. The van der Waals surface area contributed by atoms with Gasteiger partial charge in [0.2, 0.25) is 0 Å². The molecule has 0 radical (unpaired) electrons. The van der Waals surface area contributed by atoms with E-state index in [1.807, 2.05) is 0 Å². The topological polar surface area (TPSA) is 83.9 Å². The summed E-state index contributed by atoms with van der Waals surface area (Å²) >= 11 is 0. The summed E-state index contributed by atoms with van der Waals surface area (Å²) in [4.78, 5) is 37.4. The van der Waals surface area contributed by atoms with Crippen LogP contribution in [0.25, 0.3) is 5.76 Å². The first kappa shape index (κ1) is 18.3. The minimum absolute atomic E-state index is 0.0973. The zero-order chi connectivity index (χ0) is 19.7. The number of carbonyl (C=O) groups excluding carboxylic acids is 3. The average molecular weight is 369 g/mol. The molecule has 2 aromatic rings. The van der Waals surface area contributed by atoms with E-state index in [1.165, 1.54) is 43.3 Å². The van der Waals surface area contributed by atoms with E-state index in [-0.39, 0.29) is 16.9 Å². The Labute approximate surface area is 154 Å². The van der Waals surface area contributed by atoms with Gasteiger partial charge >= 0.3 is 5.97 Å². The second kappa shape index (κ2) is 7.03. The van der Waals surface area contributed by atoms with Gasteiger partial charge < -0.3 is 14.7 Å². The quantitative estimate of drug-likeness (QED) is 0.389. The van der Waals surface area contributed by atoms with Gasteiger partial charge in [-0.3, -0.25) is 9.59 Å². The molecule has 2 aromatic carbocycles. The molecule has 1 fully saturated rings. The van der Waals surface area contributed by atoms with E-state index in [1.54, 1.807) is 12.1 Å². The number of ketones is 1. The van der Waals surface area contributed by atoms with E-state index < -0.39 is 29.5 Å². The SMILES string of the molecule is COC(=O)c1ccc(C2/C(=C(\O)c3ccc(F)cc3)C(=O)C(=O)N2C)cc1. The van der Waals surface area contributed by atoms with Crippen LogP contribution in [0.4, 0.5) is 4.39 Å². The van der Waals surface area contributed by atoms with Gasteiger partial charge in [0.1, 0.15) is 11.6 Å². The first-order chi connectivity index (χ1) is 12.8. The highest BCUT2D eigenvalue weighted by Crippen LogP contribution is 2.38. The fourth-order valence-electron chi connectivity index (χ4n) is 3.02. The number of ether oxygens (including phenoxy) is 1. The van der Waals surface area contributed by atoms with Gasteiger partial charge in [-0.1, -0.05) is 12.1 Å². The third-order valence-electron chi connectivity index (χ3n) is 4.44. The molecule has 1 amide bonds. The summed E-state index contributed by atoms with van der Waals surface area (Å²) in [6.45, 7) is 0. The number of rotatable bonds is 3. The average Bonchev–Trinajstić information content (AvgIpc) is 2.91. The number of methoxy groups -OCH3 is 1. The van der Waals surface area contributed by atoms with E-state index in [4.69, 9.17) is 0 Å². The van der Waals surface area contributed by atoms with Crippen LogP contribution in [0.15, 0.2) is 54.1 Å². The van der Waals surface area contributed by atoms with Gasteiger partial charge in [-0.15, -0.1) is 0 Å². The van der Waals surface area contributed by atoms with Crippen LogP contribution in [0.1, 0.15) is 27.5 Å². The molecule has 3 rings (SSSR count). The minimum atomic E-state index is -0.832. The Morgan fingerprint density at radius 3 is 2.15 bits per heavy atom. The summed E-state index contributed by atoms with van der Waals surface area (Å²) in [6.07, 6.45) is 0. The number of Topliss-reactive ketones (excluding diaryl/α,β-unsaturated/α-hetero) is 1. The van der Waals surface area contributed by atoms with Crippen LogP contribution in [0, 0.1) is 5.82 Å². The van der Waals surface area contributed by atoms with Crippen LogP contribution in [0.2, 0.25) is 0 Å². The Morgan fingerprint density at radius 2 is 1.59 bits per heavy atom. The summed E-state index contributed by atoms with van der Waals surface area (Å²) in [5.41, 5.74) is 0.972. The Hall–Kier alpha value is -3.48. The molecule has 1 unspecified atom stereocenters. The first-order valence-corrected chi connectivity index (χ1v) is 8.04. The number of halogens is 1. The van der Waals surface area contributed by atoms with Crippen LogP contribution in [-0.4, -0.2) is 41.8 Å². The molecule has 1 saturated heterocycles. The molecule has 1 heterocycles. The molecule has 1 aliphatic heterocycles. The number of likely N-dealkylation sites (tertiary alicyclic amines) is 1. The van der Waals surface area contributed by atoms with Crippen molar-refractivity contribution in [1.82, 2.24) is 4.90 Å². The predicted molar refractivity (Wildman–Crippen MR) is 94.2 cm³/mol. The number of nitrogens with zero attached hydrogens (tertiary/aromatic N) is 1. The lowest BCUT2D eigenvalue weighted by atomic mass is 9.95. The number of aliphatic hydroxyl groups is 1. The molecule has 0 spiro atoms. The van der Waals surface area contributed by atoms with E-state index in [2.05, 4.69) is 4.74 Å². The van der Waals surface area contributed by atoms with E-state index in [0.717, 1.165) is 12.1 Å². The zero-order valence-corrected chi connectivity index (χ0v) is 14.6. The number of benzene rings is 2. The molecule has 0 aromatic heterocycles. The molecule has 6 nitrogen and oxygen atoms in total. The summed E-state index contributed by atoms with van der Waals surface area (Å²) in [5.74, 6) is -2.99. The lowest BCUT2D eigenvalue weighted by Gasteiger charge is -2.21. The van der Waals surface area contributed by atoms with Gasteiger partial charge in [0.05, 0.1) is 24.3 Å². The molecule has 0 aliphatic carbocycles. The van der Waals surface area contributed by atoms with Crippen LogP contribution >= 0.6 is 0 Å². The molecular formula is C20H16FNO5. The maximum Gasteiger partial charge on any atom is 0.337 e. The Kier molecular flexibility index (Phi) is 4.77. The van der Waals surface area contributed by atoms with Crippen molar-refractivity contribution in [3.63, 3.8) is 0 Å². The van der Waals surface area contributed by atoms with Crippen molar-refractivity contribution in [1.29, 1.82) is 0 Å². The fraction of sp³-hybridized carbons (Fsp3) is 0.150. The van der Waals surface area contributed by atoms with Crippen molar-refractivity contribution >= 4 is 23.4 Å². The molecule has 0 bridgehead atoms. The van der Waals surface area contributed by atoms with Gasteiger partial charge in [0.15, 0.2) is 0 Å². The smallest absolute Gasteiger partial charge is 0.337 e. The van der Waals surface area contributed by atoms with E-state index >= 15 is 0 Å². The van der Waals surface area contributed by atoms with Crippen LogP contribution in [0.5, 0.6) is 0 Å². The summed E-state index contributed by atoms with van der Waals surface area (Å²) in [7, 11) is 2.71. The normalized spacial score (nSPS) is 18.6. The number of hydrogen-bond donors (Lipinski definition) is 1. The predicted octanol–water partition coefficient (Wildman–Crippen LogP) is 2.66. The van der Waals surface area contributed by atoms with Gasteiger partial charge in [0, 0.05) is 12.6 Å². The highest BCUT2D eigenvalue weighted by atomic mass is 19.1. The van der Waals surface area contributed by atoms with Crippen molar-refractivity contribution in [3.05, 3.63) is 76.6 Å². The standard InChI is InChI=1S/C20H16FNO5/c1-22-16(11-3-5-13(6-4-11)20(26)27-2)15(18(24)19(22)25)17(23)12-7-9-14(21)10-8-12/h3-10,16,23H,1-2H3/b17-15+. The summed E-state index contributed by atoms with van der Waals surface area (Å²) < 4.78 is 17.8. The third-order valence-corrected chi connectivity index (χ3v) is 4.44. The molecule has 7 heteroatoms. The van der Waals surface area contributed by atoms with Gasteiger partial charge in [-0.25, -0.2) is 9.18 Å². The number of likely N-dealkylation sites (N-methyl/N-ethyl adjacent to an activating group) is 1. The highest BCUT2D eigenvalue weighted by Gasteiger charge is 2.44. The van der Waals surface area contributed by atoms with Crippen LogP contribution in [-0.2, 0) is 14.3 Å². The van der Waals surface area contributed by atoms with Crippen molar-refractivity contribution in [3.8, 4) is 0 Å². The summed E-state index contributed by atoms with van der Waals surface area (Å²) in [5, 5.41) is 10.6. The Morgan fingerprint density at radius 1 is 1.04 bits per heavy atom. The zero-order valence-electron chi connectivity index (χ0n) is 14.6. The van der Waals surface area contributed by atoms with Crippen molar-refractivity contribution in [2.75, 3.05) is 14.2 Å². The monoisotopic (exact) mass is 369 g/mol. The van der Waals surface area contributed by atoms with Crippen LogP contribution in [0.3, 0.4) is 0 Å². The van der Waals surface area contributed by atoms with Gasteiger partial charge in [-0.2, -0.15) is 0 Å². The fourth-order valence-corrected chi connectivity index (χ4v) is 3.02.